The van der Waals surface area contributed by atoms with Gasteiger partial charge in [-0.3, -0.25) is 0 Å². The minimum absolute atomic E-state index is 0.486. The summed E-state index contributed by atoms with van der Waals surface area (Å²) in [6.07, 6.45) is 3.40. The predicted octanol–water partition coefficient (Wildman–Crippen LogP) is 4.97. The van der Waals surface area contributed by atoms with Gasteiger partial charge in [0, 0.05) is 12.5 Å². The van der Waals surface area contributed by atoms with Crippen molar-refractivity contribution in [1.29, 1.82) is 0 Å². The third-order valence-electron chi connectivity index (χ3n) is 6.67. The lowest BCUT2D eigenvalue weighted by Gasteiger charge is -2.31. The van der Waals surface area contributed by atoms with Crippen molar-refractivity contribution in [1.82, 2.24) is 19.7 Å². The Hall–Kier alpha value is -2.70. The van der Waals surface area contributed by atoms with Gasteiger partial charge in [0.2, 0.25) is 0 Å². The number of hydrogen-bond donors (Lipinski definition) is 0. The fourth-order valence-electron chi connectivity index (χ4n) is 4.92. The Morgan fingerprint density at radius 1 is 0.968 bits per heavy atom. The number of likely N-dealkylation sites (tertiary alicyclic amines) is 1. The maximum atomic E-state index is 5.90. The average molecular weight is 431 g/mol. The number of fused-ring (bicyclic) bond motifs is 4. The molecule has 1 fully saturated rings. The molecule has 5 nitrogen and oxygen atoms in total. The maximum Gasteiger partial charge on any atom is 0.178 e. The van der Waals surface area contributed by atoms with E-state index in [0.717, 1.165) is 67.7 Å². The van der Waals surface area contributed by atoms with Crippen molar-refractivity contribution in [2.75, 3.05) is 26.2 Å². The fourth-order valence-corrected chi connectivity index (χ4v) is 5.75. The molecule has 2 aliphatic rings. The van der Waals surface area contributed by atoms with E-state index in [4.69, 9.17) is 4.74 Å². The Morgan fingerprint density at radius 2 is 1.84 bits per heavy atom. The second kappa shape index (κ2) is 8.09. The summed E-state index contributed by atoms with van der Waals surface area (Å²) in [5, 5.41) is 13.9. The lowest BCUT2D eigenvalue weighted by atomic mass is 9.95. The van der Waals surface area contributed by atoms with Crippen LogP contribution in [0, 0.1) is 0 Å². The number of piperidine rings is 1. The highest BCUT2D eigenvalue weighted by atomic mass is 32.1. The van der Waals surface area contributed by atoms with E-state index in [2.05, 4.69) is 67.5 Å². The summed E-state index contributed by atoms with van der Waals surface area (Å²) in [6, 6.07) is 17.5. The van der Waals surface area contributed by atoms with Crippen molar-refractivity contribution >= 4 is 22.1 Å². The number of benzene rings is 2. The molecule has 6 heteroatoms. The van der Waals surface area contributed by atoms with E-state index in [9.17, 15) is 0 Å². The SMILES string of the molecule is c1ccc2cc(CCN3CCC(c4nnc5n4CCOc4ccsc4-5)CC3)ccc2c1. The zero-order chi connectivity index (χ0) is 20.6. The summed E-state index contributed by atoms with van der Waals surface area (Å²) in [5.41, 5.74) is 1.43. The van der Waals surface area contributed by atoms with Gasteiger partial charge in [0.05, 0.1) is 6.54 Å². The first-order valence-corrected chi connectivity index (χ1v) is 12.1. The molecule has 0 saturated carbocycles. The highest BCUT2D eigenvalue weighted by Gasteiger charge is 2.28. The summed E-state index contributed by atoms with van der Waals surface area (Å²) in [4.78, 5) is 3.72. The van der Waals surface area contributed by atoms with E-state index in [0.29, 0.717) is 12.5 Å². The molecule has 0 unspecified atom stereocenters. The quantitative estimate of drug-likeness (QED) is 0.458. The average Bonchev–Trinajstić information content (AvgIpc) is 3.41. The molecule has 0 N–H and O–H groups in total. The van der Waals surface area contributed by atoms with Crippen molar-refractivity contribution in [3.8, 4) is 16.5 Å². The van der Waals surface area contributed by atoms with Gasteiger partial charge in [-0.25, -0.2) is 0 Å². The molecule has 4 aromatic rings. The molecule has 1 saturated heterocycles. The zero-order valence-corrected chi connectivity index (χ0v) is 18.4. The summed E-state index contributed by atoms with van der Waals surface area (Å²) in [7, 11) is 0. The second-order valence-corrected chi connectivity index (χ2v) is 9.46. The van der Waals surface area contributed by atoms with Crippen molar-refractivity contribution < 1.29 is 4.74 Å². The molecular weight excluding hydrogens is 404 g/mol. The van der Waals surface area contributed by atoms with Gasteiger partial charge in [-0.05, 0) is 60.1 Å². The number of thiophene rings is 1. The largest absolute Gasteiger partial charge is 0.490 e. The number of rotatable bonds is 4. The topological polar surface area (TPSA) is 43.2 Å². The molecule has 2 aliphatic heterocycles. The van der Waals surface area contributed by atoms with Crippen LogP contribution in [-0.2, 0) is 13.0 Å². The lowest BCUT2D eigenvalue weighted by molar-refractivity contribution is 0.208. The van der Waals surface area contributed by atoms with Gasteiger partial charge in [-0.2, -0.15) is 0 Å². The van der Waals surface area contributed by atoms with E-state index in [1.165, 1.54) is 16.3 Å². The highest BCUT2D eigenvalue weighted by molar-refractivity contribution is 7.13. The van der Waals surface area contributed by atoms with Crippen molar-refractivity contribution in [3.05, 3.63) is 65.3 Å². The summed E-state index contributed by atoms with van der Waals surface area (Å²) in [5.74, 6) is 3.57. The zero-order valence-electron chi connectivity index (χ0n) is 17.5. The molecule has 0 spiro atoms. The van der Waals surface area contributed by atoms with Gasteiger partial charge >= 0.3 is 0 Å². The smallest absolute Gasteiger partial charge is 0.178 e. The summed E-state index contributed by atoms with van der Waals surface area (Å²) < 4.78 is 8.21. The number of hydrogen-bond acceptors (Lipinski definition) is 5. The Bertz CT molecular complexity index is 1210. The third-order valence-corrected chi connectivity index (χ3v) is 7.56. The van der Waals surface area contributed by atoms with Crippen LogP contribution < -0.4 is 4.74 Å². The Balaban J connectivity index is 1.10. The van der Waals surface area contributed by atoms with Crippen LogP contribution in [0.1, 0.15) is 30.1 Å². The van der Waals surface area contributed by atoms with E-state index < -0.39 is 0 Å². The van der Waals surface area contributed by atoms with E-state index in [1.54, 1.807) is 11.3 Å². The molecule has 0 amide bonds. The molecular formula is C25H26N4OS. The third kappa shape index (κ3) is 3.64. The van der Waals surface area contributed by atoms with Gasteiger partial charge in [0.1, 0.15) is 23.1 Å². The molecule has 2 aromatic heterocycles. The standard InChI is InChI=1S/C25H26N4OS/c1-2-4-21-17-18(5-6-19(21)3-1)7-11-28-12-8-20(9-13-28)24-26-27-25-23-22(10-16-31-23)30-15-14-29(24)25/h1-6,10,16-17,20H,7-9,11-15H2. The molecule has 31 heavy (non-hydrogen) atoms. The number of aromatic nitrogens is 3. The second-order valence-electron chi connectivity index (χ2n) is 8.54. The minimum Gasteiger partial charge on any atom is -0.490 e. The summed E-state index contributed by atoms with van der Waals surface area (Å²) >= 11 is 1.69. The number of ether oxygens (including phenoxy) is 1. The normalized spacial score (nSPS) is 17.2. The van der Waals surface area contributed by atoms with Crippen LogP contribution in [0.2, 0.25) is 0 Å². The highest BCUT2D eigenvalue weighted by Crippen LogP contribution is 2.38. The van der Waals surface area contributed by atoms with Crippen molar-refractivity contribution in [2.24, 2.45) is 0 Å². The van der Waals surface area contributed by atoms with Gasteiger partial charge in [-0.1, -0.05) is 42.5 Å². The molecule has 0 radical (unpaired) electrons. The molecule has 0 aliphatic carbocycles. The minimum atomic E-state index is 0.486. The predicted molar refractivity (Wildman–Crippen MR) is 125 cm³/mol. The van der Waals surface area contributed by atoms with E-state index >= 15 is 0 Å². The Labute approximate surface area is 186 Å². The molecule has 158 valence electrons. The van der Waals surface area contributed by atoms with Gasteiger partial charge in [-0.15, -0.1) is 21.5 Å². The van der Waals surface area contributed by atoms with Crippen molar-refractivity contribution in [3.63, 3.8) is 0 Å². The van der Waals surface area contributed by atoms with Gasteiger partial charge < -0.3 is 14.2 Å². The maximum absolute atomic E-state index is 5.90. The molecule has 4 heterocycles. The monoisotopic (exact) mass is 430 g/mol. The molecule has 0 atom stereocenters. The Morgan fingerprint density at radius 3 is 2.74 bits per heavy atom. The first-order valence-electron chi connectivity index (χ1n) is 11.2. The van der Waals surface area contributed by atoms with Crippen LogP contribution in [-0.4, -0.2) is 45.9 Å². The van der Waals surface area contributed by atoms with Gasteiger partial charge in [0.25, 0.3) is 0 Å². The van der Waals surface area contributed by atoms with Crippen LogP contribution in [0.4, 0.5) is 0 Å². The number of nitrogens with zero attached hydrogens (tertiary/aromatic N) is 4. The molecule has 2 aromatic carbocycles. The van der Waals surface area contributed by atoms with Crippen LogP contribution in [0.3, 0.4) is 0 Å². The fraction of sp³-hybridized carbons (Fsp3) is 0.360. The first kappa shape index (κ1) is 19.0. The van der Waals surface area contributed by atoms with Gasteiger partial charge in [0.15, 0.2) is 5.82 Å². The van der Waals surface area contributed by atoms with Crippen molar-refractivity contribution in [2.45, 2.75) is 31.7 Å². The van der Waals surface area contributed by atoms with E-state index in [-0.39, 0.29) is 0 Å². The van der Waals surface area contributed by atoms with Crippen LogP contribution in [0.15, 0.2) is 53.9 Å². The van der Waals surface area contributed by atoms with Crippen LogP contribution >= 0.6 is 11.3 Å². The molecule has 0 bridgehead atoms. The van der Waals surface area contributed by atoms with Crippen LogP contribution in [0.25, 0.3) is 21.5 Å². The van der Waals surface area contributed by atoms with E-state index in [1.807, 2.05) is 6.07 Å². The molecule has 6 rings (SSSR count). The lowest BCUT2D eigenvalue weighted by Crippen LogP contribution is -2.35. The first-order chi connectivity index (χ1) is 15.3. The Kier molecular flexibility index (Phi) is 4.97. The summed E-state index contributed by atoms with van der Waals surface area (Å²) in [6.45, 7) is 4.89. The van der Waals surface area contributed by atoms with Crippen LogP contribution in [0.5, 0.6) is 5.75 Å².